The van der Waals surface area contributed by atoms with Crippen LogP contribution in [0.3, 0.4) is 0 Å². The predicted octanol–water partition coefficient (Wildman–Crippen LogP) is 0.451. The van der Waals surface area contributed by atoms with Crippen molar-refractivity contribution in [3.8, 4) is 0 Å². The van der Waals surface area contributed by atoms with E-state index in [2.05, 4.69) is 10.2 Å². The van der Waals surface area contributed by atoms with Gasteiger partial charge in [0.1, 0.15) is 5.82 Å². The normalized spacial score (nSPS) is 10.6. The van der Waals surface area contributed by atoms with E-state index in [4.69, 9.17) is 5.73 Å². The quantitative estimate of drug-likeness (QED) is 0.596. The van der Waals surface area contributed by atoms with Crippen molar-refractivity contribution in [2.24, 2.45) is 0 Å². The first-order chi connectivity index (χ1) is 5.27. The minimum absolute atomic E-state index is 0.264. The fraction of sp³-hybridized carbons (Fsp3) is 0. The second-order valence-corrected chi connectivity index (χ2v) is 2.13. The van der Waals surface area contributed by atoms with Crippen LogP contribution in [0, 0.1) is 5.82 Å². The third kappa shape index (κ3) is 0.813. The fourth-order valence-electron chi connectivity index (χ4n) is 0.885. The number of pyridine rings is 1. The topological polar surface area (TPSA) is 56.2 Å². The summed E-state index contributed by atoms with van der Waals surface area (Å²) in [5, 5.41) is 7.19. The number of fused-ring (bicyclic) bond motifs is 1. The Morgan fingerprint density at radius 1 is 1.45 bits per heavy atom. The minimum atomic E-state index is -0.343. The summed E-state index contributed by atoms with van der Waals surface area (Å²) in [6, 6.07) is 2.57. The highest BCUT2D eigenvalue weighted by molar-refractivity contribution is 5.42. The van der Waals surface area contributed by atoms with E-state index < -0.39 is 0 Å². The molecular weight excluding hydrogens is 147 g/mol. The molecule has 0 fully saturated rings. The van der Waals surface area contributed by atoms with E-state index in [1.807, 2.05) is 0 Å². The number of nitrogens with two attached hydrogens (primary N) is 1. The molecule has 0 aliphatic heterocycles. The Hall–Kier alpha value is -1.65. The monoisotopic (exact) mass is 152 g/mol. The van der Waals surface area contributed by atoms with Crippen molar-refractivity contribution in [3.05, 3.63) is 24.1 Å². The van der Waals surface area contributed by atoms with Crippen LogP contribution in [0.5, 0.6) is 0 Å². The summed E-state index contributed by atoms with van der Waals surface area (Å²) in [6.07, 6.45) is 1.49. The average molecular weight is 152 g/mol. The molecule has 0 aliphatic rings. The van der Waals surface area contributed by atoms with E-state index in [0.29, 0.717) is 5.65 Å². The molecule has 0 saturated carbocycles. The molecule has 0 amide bonds. The average Bonchev–Trinajstić information content (AvgIpc) is 2.32. The van der Waals surface area contributed by atoms with Gasteiger partial charge in [0.05, 0.1) is 0 Å². The number of aromatic nitrogens is 3. The van der Waals surface area contributed by atoms with Crippen molar-refractivity contribution < 1.29 is 4.39 Å². The Morgan fingerprint density at radius 3 is 3.09 bits per heavy atom. The Balaban J connectivity index is 2.86. The molecule has 2 aromatic heterocycles. The van der Waals surface area contributed by atoms with Crippen molar-refractivity contribution in [2.75, 3.05) is 5.73 Å². The van der Waals surface area contributed by atoms with Crippen LogP contribution in [0.15, 0.2) is 18.3 Å². The van der Waals surface area contributed by atoms with Gasteiger partial charge in [0.25, 0.3) is 0 Å². The Kier molecular flexibility index (Phi) is 1.06. The number of hydrogen-bond donors (Lipinski definition) is 1. The van der Waals surface area contributed by atoms with Crippen LogP contribution in [0.25, 0.3) is 5.65 Å². The molecule has 0 aliphatic carbocycles. The molecule has 0 saturated heterocycles. The first-order valence-corrected chi connectivity index (χ1v) is 3.03. The number of nitrogen functional groups attached to an aromatic ring is 1. The summed E-state index contributed by atoms with van der Waals surface area (Å²) in [6.45, 7) is 0. The molecule has 11 heavy (non-hydrogen) atoms. The Labute approximate surface area is 61.5 Å². The highest BCUT2D eigenvalue weighted by atomic mass is 19.1. The number of anilines is 1. The van der Waals surface area contributed by atoms with Gasteiger partial charge in [0.2, 0.25) is 5.95 Å². The summed E-state index contributed by atoms with van der Waals surface area (Å²) >= 11 is 0. The summed E-state index contributed by atoms with van der Waals surface area (Å²) < 4.78 is 14.0. The van der Waals surface area contributed by atoms with E-state index in [1.165, 1.54) is 22.7 Å². The van der Waals surface area contributed by atoms with Crippen LogP contribution < -0.4 is 5.73 Å². The van der Waals surface area contributed by atoms with E-state index in [9.17, 15) is 4.39 Å². The molecule has 0 spiro atoms. The highest BCUT2D eigenvalue weighted by Gasteiger charge is 2.00. The molecule has 0 unspecified atom stereocenters. The van der Waals surface area contributed by atoms with Crippen LogP contribution >= 0.6 is 0 Å². The number of halogens is 1. The second-order valence-electron chi connectivity index (χ2n) is 2.13. The molecule has 2 rings (SSSR count). The fourth-order valence-corrected chi connectivity index (χ4v) is 0.885. The van der Waals surface area contributed by atoms with Gasteiger partial charge in [-0.05, 0) is 6.07 Å². The number of nitrogens with zero attached hydrogens (tertiary/aromatic N) is 3. The van der Waals surface area contributed by atoms with Gasteiger partial charge in [-0.1, -0.05) is 0 Å². The third-order valence-electron chi connectivity index (χ3n) is 1.40. The zero-order chi connectivity index (χ0) is 7.84. The molecule has 56 valence electrons. The third-order valence-corrected chi connectivity index (χ3v) is 1.40. The molecule has 2 N–H and O–H groups in total. The van der Waals surface area contributed by atoms with Gasteiger partial charge >= 0.3 is 0 Å². The maximum absolute atomic E-state index is 12.5. The predicted molar refractivity (Wildman–Crippen MR) is 37.4 cm³/mol. The van der Waals surface area contributed by atoms with E-state index in [0.717, 1.165) is 0 Å². The van der Waals surface area contributed by atoms with E-state index >= 15 is 0 Å². The van der Waals surface area contributed by atoms with Crippen LogP contribution in [0.1, 0.15) is 0 Å². The first kappa shape index (κ1) is 6.09. The van der Waals surface area contributed by atoms with Crippen LogP contribution in [-0.2, 0) is 0 Å². The zero-order valence-electron chi connectivity index (χ0n) is 5.53. The van der Waals surface area contributed by atoms with Crippen LogP contribution in [-0.4, -0.2) is 14.6 Å². The highest BCUT2D eigenvalue weighted by Crippen LogP contribution is 2.05. The first-order valence-electron chi connectivity index (χ1n) is 3.03. The van der Waals surface area contributed by atoms with Gasteiger partial charge in [-0.2, -0.15) is 0 Å². The largest absolute Gasteiger partial charge is 0.368 e. The van der Waals surface area contributed by atoms with Crippen molar-refractivity contribution in [2.45, 2.75) is 0 Å². The molecule has 2 aromatic rings. The van der Waals surface area contributed by atoms with Crippen LogP contribution in [0.4, 0.5) is 10.3 Å². The van der Waals surface area contributed by atoms with Crippen molar-refractivity contribution in [1.29, 1.82) is 0 Å². The SMILES string of the molecule is Nc1nnc2cc(F)ccn12. The van der Waals surface area contributed by atoms with Crippen molar-refractivity contribution in [3.63, 3.8) is 0 Å². The lowest BCUT2D eigenvalue weighted by atomic mass is 10.4. The molecule has 0 aromatic carbocycles. The maximum Gasteiger partial charge on any atom is 0.226 e. The Bertz CT molecular complexity index is 394. The van der Waals surface area contributed by atoms with Gasteiger partial charge in [-0.15, -0.1) is 10.2 Å². The van der Waals surface area contributed by atoms with Gasteiger partial charge in [-0.25, -0.2) is 4.39 Å². The number of rotatable bonds is 0. The molecule has 4 nitrogen and oxygen atoms in total. The van der Waals surface area contributed by atoms with Gasteiger partial charge in [0.15, 0.2) is 5.65 Å². The van der Waals surface area contributed by atoms with Crippen molar-refractivity contribution in [1.82, 2.24) is 14.6 Å². The minimum Gasteiger partial charge on any atom is -0.368 e. The van der Waals surface area contributed by atoms with Crippen molar-refractivity contribution >= 4 is 11.6 Å². The van der Waals surface area contributed by atoms with Gasteiger partial charge < -0.3 is 5.73 Å². The van der Waals surface area contributed by atoms with E-state index in [-0.39, 0.29) is 11.8 Å². The molecule has 5 heteroatoms. The van der Waals surface area contributed by atoms with E-state index in [1.54, 1.807) is 0 Å². The smallest absolute Gasteiger partial charge is 0.226 e. The maximum atomic E-state index is 12.5. The second kappa shape index (κ2) is 1.91. The molecule has 0 atom stereocenters. The standard InChI is InChI=1S/C6H5FN4/c7-4-1-2-11-5(3-4)9-10-6(11)8/h1-3H,(H2,8,10). The molecule has 0 radical (unpaired) electrons. The lowest BCUT2D eigenvalue weighted by Gasteiger charge is -1.91. The molecule has 0 bridgehead atoms. The lowest BCUT2D eigenvalue weighted by Crippen LogP contribution is -1.93. The number of hydrogen-bond acceptors (Lipinski definition) is 3. The van der Waals surface area contributed by atoms with Gasteiger partial charge in [-0.3, -0.25) is 4.40 Å². The summed E-state index contributed by atoms with van der Waals surface area (Å²) in [4.78, 5) is 0. The summed E-state index contributed by atoms with van der Waals surface area (Å²) in [5.41, 5.74) is 5.81. The molecular formula is C6H5FN4. The van der Waals surface area contributed by atoms with Gasteiger partial charge in [0, 0.05) is 12.3 Å². The summed E-state index contributed by atoms with van der Waals surface area (Å²) in [7, 11) is 0. The Morgan fingerprint density at radius 2 is 2.27 bits per heavy atom. The summed E-state index contributed by atoms with van der Waals surface area (Å²) in [5.74, 6) is -0.0788. The van der Waals surface area contributed by atoms with Crippen LogP contribution in [0.2, 0.25) is 0 Å². The zero-order valence-corrected chi connectivity index (χ0v) is 5.53. The lowest BCUT2D eigenvalue weighted by molar-refractivity contribution is 0.626. The molecule has 2 heterocycles.